The number of nitrogens with zero attached hydrogens (tertiary/aromatic N) is 1. The number of carboxylic acids is 1. The zero-order valence-electron chi connectivity index (χ0n) is 19.8. The summed E-state index contributed by atoms with van der Waals surface area (Å²) in [5.74, 6) is -0.342. The molecule has 2 aromatic carbocycles. The van der Waals surface area contributed by atoms with Crippen LogP contribution < -0.4 is 25.7 Å². The van der Waals surface area contributed by atoms with Crippen LogP contribution in [0, 0.1) is 6.92 Å². The topological polar surface area (TPSA) is 139 Å². The maximum absolute atomic E-state index is 12.7. The van der Waals surface area contributed by atoms with Crippen LogP contribution in [0.2, 0.25) is 0 Å². The number of benzene rings is 2. The van der Waals surface area contributed by atoms with Crippen molar-refractivity contribution in [2.45, 2.75) is 19.4 Å². The highest BCUT2D eigenvalue weighted by Crippen LogP contribution is 2.35. The van der Waals surface area contributed by atoms with Gasteiger partial charge in [0.05, 0.1) is 26.7 Å². The Morgan fingerprint density at radius 1 is 1.09 bits per heavy atom. The van der Waals surface area contributed by atoms with E-state index in [1.54, 1.807) is 38.3 Å². The monoisotopic (exact) mass is 481 g/mol. The number of carbonyl (C=O) groups is 2. The van der Waals surface area contributed by atoms with Gasteiger partial charge in [0, 0.05) is 24.4 Å². The molecule has 0 saturated carbocycles. The molecule has 184 valence electrons. The molecule has 0 aliphatic rings. The highest BCUT2D eigenvalue weighted by molar-refractivity contribution is 5.91. The molecule has 0 saturated heterocycles. The van der Waals surface area contributed by atoms with Crippen molar-refractivity contribution in [1.29, 1.82) is 0 Å². The molecule has 3 aromatic rings. The van der Waals surface area contributed by atoms with E-state index >= 15 is 0 Å². The van der Waals surface area contributed by atoms with Gasteiger partial charge in [-0.2, -0.15) is 0 Å². The number of methoxy groups -OCH3 is 2. The number of ether oxygens (including phenoxy) is 2. The largest absolute Gasteiger partial charge is 0.505 e. The lowest BCUT2D eigenvalue weighted by Gasteiger charge is -2.20. The summed E-state index contributed by atoms with van der Waals surface area (Å²) in [6, 6.07) is 11.9. The maximum atomic E-state index is 12.7. The van der Waals surface area contributed by atoms with Crippen LogP contribution in [0.4, 0.5) is 10.5 Å². The number of aliphatic carboxylic acids is 1. The minimum atomic E-state index is -1.14. The molecule has 10 heteroatoms. The van der Waals surface area contributed by atoms with Gasteiger partial charge < -0.3 is 34.9 Å². The van der Waals surface area contributed by atoms with E-state index in [4.69, 9.17) is 9.47 Å². The summed E-state index contributed by atoms with van der Waals surface area (Å²) >= 11 is 0. The molecule has 0 aliphatic carbocycles. The Bertz CT molecular complexity index is 1320. The first kappa shape index (κ1) is 25.2. The van der Waals surface area contributed by atoms with Gasteiger partial charge in [0.15, 0.2) is 5.69 Å². The molecule has 0 fully saturated rings. The SMILES string of the molecule is COc1cccc(-c2cc([C@H](CC(=O)O)NC(=O)Nc3c(O)cc(C)n(C)c3=O)ccc2OC)c1. The van der Waals surface area contributed by atoms with Gasteiger partial charge in [-0.05, 0) is 42.3 Å². The van der Waals surface area contributed by atoms with Crippen LogP contribution in [0.1, 0.15) is 23.7 Å². The molecular weight excluding hydrogens is 454 g/mol. The minimum Gasteiger partial charge on any atom is -0.505 e. The average molecular weight is 482 g/mol. The van der Waals surface area contributed by atoms with Crippen molar-refractivity contribution in [3.8, 4) is 28.4 Å². The van der Waals surface area contributed by atoms with Gasteiger partial charge in [0.25, 0.3) is 5.56 Å². The highest BCUT2D eigenvalue weighted by atomic mass is 16.5. The normalized spacial score (nSPS) is 11.4. The summed E-state index contributed by atoms with van der Waals surface area (Å²) in [5.41, 5.74) is 1.54. The van der Waals surface area contributed by atoms with Crippen molar-refractivity contribution in [3.05, 3.63) is 70.1 Å². The van der Waals surface area contributed by atoms with Crippen LogP contribution >= 0.6 is 0 Å². The zero-order valence-corrected chi connectivity index (χ0v) is 19.8. The molecule has 0 bridgehead atoms. The fraction of sp³-hybridized carbons (Fsp3) is 0.240. The van der Waals surface area contributed by atoms with Crippen molar-refractivity contribution in [1.82, 2.24) is 9.88 Å². The van der Waals surface area contributed by atoms with E-state index in [1.165, 1.54) is 24.8 Å². The molecule has 1 heterocycles. The van der Waals surface area contributed by atoms with E-state index in [-0.39, 0.29) is 11.4 Å². The van der Waals surface area contributed by atoms with E-state index in [0.717, 1.165) is 5.56 Å². The molecule has 0 radical (unpaired) electrons. The first-order valence-electron chi connectivity index (χ1n) is 10.7. The Morgan fingerprint density at radius 2 is 1.83 bits per heavy atom. The minimum absolute atomic E-state index is 0.309. The Morgan fingerprint density at radius 3 is 2.49 bits per heavy atom. The standard InChI is InChI=1S/C25H27N3O7/c1-14-10-20(29)23(24(32)28(14)2)27-25(33)26-19(13-22(30)31)16-8-9-21(35-4)18(12-16)15-6-5-7-17(11-15)34-3/h5-12,19,29H,13H2,1-4H3,(H,30,31)(H2,26,27,33)/t19-/m0/s1. The second-order valence-electron chi connectivity index (χ2n) is 7.85. The van der Waals surface area contributed by atoms with Gasteiger partial charge in [-0.15, -0.1) is 0 Å². The van der Waals surface area contributed by atoms with Crippen molar-refractivity contribution in [3.63, 3.8) is 0 Å². The Hall–Kier alpha value is -4.47. The first-order valence-corrected chi connectivity index (χ1v) is 10.7. The number of rotatable bonds is 8. The van der Waals surface area contributed by atoms with Gasteiger partial charge in [0.2, 0.25) is 0 Å². The molecule has 0 unspecified atom stereocenters. The third-order valence-electron chi connectivity index (χ3n) is 5.58. The summed E-state index contributed by atoms with van der Waals surface area (Å²) in [7, 11) is 4.58. The number of aryl methyl sites for hydroxylation is 1. The molecule has 0 aliphatic heterocycles. The first-order chi connectivity index (χ1) is 16.6. The number of urea groups is 1. The Labute approximate surface area is 201 Å². The van der Waals surface area contributed by atoms with Gasteiger partial charge >= 0.3 is 12.0 Å². The molecule has 10 nitrogen and oxygen atoms in total. The molecule has 3 rings (SSSR count). The van der Waals surface area contributed by atoms with Crippen molar-refractivity contribution in [2.24, 2.45) is 7.05 Å². The lowest BCUT2D eigenvalue weighted by Crippen LogP contribution is -2.36. The summed E-state index contributed by atoms with van der Waals surface area (Å²) < 4.78 is 12.0. The van der Waals surface area contributed by atoms with Crippen LogP contribution in [0.5, 0.6) is 17.2 Å². The van der Waals surface area contributed by atoms with E-state index in [1.807, 2.05) is 18.2 Å². The smallest absolute Gasteiger partial charge is 0.319 e. The van der Waals surface area contributed by atoms with E-state index in [0.29, 0.717) is 28.3 Å². The number of hydrogen-bond acceptors (Lipinski definition) is 6. The van der Waals surface area contributed by atoms with Crippen LogP contribution in [0.3, 0.4) is 0 Å². The molecular formula is C25H27N3O7. The number of pyridine rings is 1. The highest BCUT2D eigenvalue weighted by Gasteiger charge is 2.22. The van der Waals surface area contributed by atoms with Gasteiger partial charge in [-0.25, -0.2) is 4.79 Å². The number of hydrogen-bond donors (Lipinski definition) is 4. The fourth-order valence-corrected chi connectivity index (χ4v) is 3.62. The third-order valence-corrected chi connectivity index (χ3v) is 5.58. The van der Waals surface area contributed by atoms with Crippen LogP contribution in [-0.2, 0) is 11.8 Å². The lowest BCUT2D eigenvalue weighted by atomic mass is 9.96. The van der Waals surface area contributed by atoms with Gasteiger partial charge in [0.1, 0.15) is 17.2 Å². The molecule has 35 heavy (non-hydrogen) atoms. The van der Waals surface area contributed by atoms with Crippen molar-refractivity contribution < 1.29 is 29.3 Å². The number of aromatic nitrogens is 1. The average Bonchev–Trinajstić information content (AvgIpc) is 2.84. The van der Waals surface area contributed by atoms with Crippen LogP contribution in [-0.4, -0.2) is 41.0 Å². The molecule has 2 amide bonds. The number of aromatic hydroxyl groups is 1. The second-order valence-corrected chi connectivity index (χ2v) is 7.85. The van der Waals surface area contributed by atoms with Gasteiger partial charge in [-0.1, -0.05) is 18.2 Å². The lowest BCUT2D eigenvalue weighted by molar-refractivity contribution is -0.137. The van der Waals surface area contributed by atoms with E-state index in [9.17, 15) is 24.6 Å². The Kier molecular flexibility index (Phi) is 7.65. The number of nitrogens with one attached hydrogen (secondary N) is 2. The summed E-state index contributed by atoms with van der Waals surface area (Å²) in [4.78, 5) is 36.7. The zero-order chi connectivity index (χ0) is 25.7. The van der Waals surface area contributed by atoms with Gasteiger partial charge in [-0.3, -0.25) is 9.59 Å². The van der Waals surface area contributed by atoms with Crippen LogP contribution in [0.15, 0.2) is 53.3 Å². The molecule has 1 aromatic heterocycles. The molecule has 4 N–H and O–H groups in total. The second kappa shape index (κ2) is 10.6. The number of amides is 2. The number of anilines is 1. The maximum Gasteiger partial charge on any atom is 0.319 e. The van der Waals surface area contributed by atoms with Crippen LogP contribution in [0.25, 0.3) is 11.1 Å². The summed E-state index contributed by atoms with van der Waals surface area (Å²) in [6.07, 6.45) is -0.421. The predicted octanol–water partition coefficient (Wildman–Crippen LogP) is 3.42. The quantitative estimate of drug-likeness (QED) is 0.387. The van der Waals surface area contributed by atoms with Crippen molar-refractivity contribution in [2.75, 3.05) is 19.5 Å². The third kappa shape index (κ3) is 5.72. The number of carboxylic acid groups (broad SMARTS) is 1. The number of carbonyl (C=O) groups excluding carboxylic acids is 1. The Balaban J connectivity index is 1.95. The summed E-state index contributed by atoms with van der Waals surface area (Å²) in [6.45, 7) is 1.64. The predicted molar refractivity (Wildman–Crippen MR) is 130 cm³/mol. The van der Waals surface area contributed by atoms with E-state index < -0.39 is 30.0 Å². The molecule has 1 atom stereocenters. The molecule has 0 spiro atoms. The van der Waals surface area contributed by atoms with Crippen molar-refractivity contribution >= 4 is 17.7 Å². The van der Waals surface area contributed by atoms with E-state index in [2.05, 4.69) is 10.6 Å². The summed E-state index contributed by atoms with van der Waals surface area (Å²) in [5, 5.41) is 24.5. The fourth-order valence-electron chi connectivity index (χ4n) is 3.62.